The van der Waals surface area contributed by atoms with E-state index in [1.54, 1.807) is 7.05 Å². The highest BCUT2D eigenvalue weighted by atomic mass is 19.4. The minimum atomic E-state index is -4.49. The first-order chi connectivity index (χ1) is 12.1. The van der Waals surface area contributed by atoms with Crippen molar-refractivity contribution in [1.82, 2.24) is 9.55 Å². The van der Waals surface area contributed by atoms with Crippen molar-refractivity contribution in [2.45, 2.75) is 12.4 Å². The molecule has 1 aromatic heterocycles. The zero-order valence-corrected chi connectivity index (χ0v) is 13.4. The van der Waals surface area contributed by atoms with Gasteiger partial charge in [0.25, 0.3) is 0 Å². The maximum absolute atomic E-state index is 12.9. The van der Waals surface area contributed by atoms with Crippen molar-refractivity contribution in [2.24, 2.45) is 7.05 Å². The molecule has 3 rings (SSSR count). The first-order valence-electron chi connectivity index (χ1n) is 7.44. The summed E-state index contributed by atoms with van der Waals surface area (Å²) in [5.74, 6) is 0.225. The summed E-state index contributed by atoms with van der Waals surface area (Å²) in [5.41, 5.74) is -0.944. The molecule has 0 spiro atoms. The summed E-state index contributed by atoms with van der Waals surface area (Å²) < 4.78 is 78.7. The maximum atomic E-state index is 12.9. The first-order valence-corrected chi connectivity index (χ1v) is 7.44. The van der Waals surface area contributed by atoms with Gasteiger partial charge in [0.15, 0.2) is 0 Å². The third-order valence-corrected chi connectivity index (χ3v) is 3.81. The van der Waals surface area contributed by atoms with Gasteiger partial charge < -0.3 is 4.57 Å². The number of halogens is 6. The van der Waals surface area contributed by atoms with Crippen LogP contribution in [0, 0.1) is 0 Å². The van der Waals surface area contributed by atoms with Crippen LogP contribution in [0.2, 0.25) is 0 Å². The Labute approximate surface area is 144 Å². The van der Waals surface area contributed by atoms with Crippen molar-refractivity contribution < 1.29 is 26.3 Å². The molecule has 136 valence electrons. The lowest BCUT2D eigenvalue weighted by molar-refractivity contribution is -0.138. The highest BCUT2D eigenvalue weighted by molar-refractivity contribution is 5.66. The number of nitrogens with zero attached hydrogens (tertiary/aromatic N) is 2. The van der Waals surface area contributed by atoms with Crippen molar-refractivity contribution in [1.29, 1.82) is 0 Å². The van der Waals surface area contributed by atoms with E-state index in [1.807, 2.05) is 0 Å². The first kappa shape index (κ1) is 18.0. The van der Waals surface area contributed by atoms with Crippen molar-refractivity contribution in [3.05, 3.63) is 65.9 Å². The van der Waals surface area contributed by atoms with Crippen LogP contribution in [0.25, 0.3) is 22.6 Å². The predicted octanol–water partition coefficient (Wildman–Crippen LogP) is 5.79. The van der Waals surface area contributed by atoms with Gasteiger partial charge in [0.2, 0.25) is 0 Å². The SMILES string of the molecule is Cn1cc(-c2cccc(C(F)(F)F)c2)nc1-c1cccc(C(F)(F)F)c1. The third kappa shape index (κ3) is 3.58. The fourth-order valence-electron chi connectivity index (χ4n) is 2.56. The zero-order valence-electron chi connectivity index (χ0n) is 13.4. The second-order valence-electron chi connectivity index (χ2n) is 5.72. The molecule has 0 aliphatic carbocycles. The van der Waals surface area contributed by atoms with Gasteiger partial charge >= 0.3 is 12.4 Å². The molecule has 0 amide bonds. The lowest BCUT2D eigenvalue weighted by Gasteiger charge is -2.08. The van der Waals surface area contributed by atoms with E-state index in [2.05, 4.69) is 4.98 Å². The summed E-state index contributed by atoms with van der Waals surface area (Å²) in [6.07, 6.45) is -7.51. The van der Waals surface area contributed by atoms with E-state index in [1.165, 1.54) is 35.0 Å². The van der Waals surface area contributed by atoms with Crippen LogP contribution in [0.3, 0.4) is 0 Å². The van der Waals surface area contributed by atoms with Crippen molar-refractivity contribution in [2.75, 3.05) is 0 Å². The van der Waals surface area contributed by atoms with Crippen molar-refractivity contribution in [3.8, 4) is 22.6 Å². The van der Waals surface area contributed by atoms with Crippen LogP contribution in [0.15, 0.2) is 54.7 Å². The van der Waals surface area contributed by atoms with Gasteiger partial charge in [-0.15, -0.1) is 0 Å². The second kappa shape index (κ2) is 6.19. The van der Waals surface area contributed by atoms with Crippen LogP contribution >= 0.6 is 0 Å². The van der Waals surface area contributed by atoms with E-state index in [4.69, 9.17) is 0 Å². The summed E-state index contributed by atoms with van der Waals surface area (Å²) in [4.78, 5) is 4.22. The van der Waals surface area contributed by atoms with Crippen LogP contribution in [-0.4, -0.2) is 9.55 Å². The van der Waals surface area contributed by atoms with Gasteiger partial charge in [-0.25, -0.2) is 4.98 Å². The molecule has 0 fully saturated rings. The summed E-state index contributed by atoms with van der Waals surface area (Å²) in [7, 11) is 1.57. The number of aromatic nitrogens is 2. The van der Waals surface area contributed by atoms with Crippen LogP contribution in [-0.2, 0) is 19.4 Å². The molecular formula is C18H12F6N2. The predicted molar refractivity (Wildman–Crippen MR) is 84.1 cm³/mol. The number of aryl methyl sites for hydroxylation is 1. The van der Waals surface area contributed by atoms with E-state index < -0.39 is 23.5 Å². The van der Waals surface area contributed by atoms with E-state index in [9.17, 15) is 26.3 Å². The van der Waals surface area contributed by atoms with Gasteiger partial charge in [-0.1, -0.05) is 24.3 Å². The van der Waals surface area contributed by atoms with E-state index in [0.717, 1.165) is 24.3 Å². The lowest BCUT2D eigenvalue weighted by atomic mass is 10.1. The molecule has 2 nitrogen and oxygen atoms in total. The Morgan fingerprint density at radius 2 is 1.27 bits per heavy atom. The topological polar surface area (TPSA) is 17.8 Å². The van der Waals surface area contributed by atoms with Crippen molar-refractivity contribution >= 4 is 0 Å². The van der Waals surface area contributed by atoms with Crippen LogP contribution in [0.4, 0.5) is 26.3 Å². The van der Waals surface area contributed by atoms with Gasteiger partial charge in [0, 0.05) is 24.4 Å². The Morgan fingerprint density at radius 1 is 0.769 bits per heavy atom. The molecule has 26 heavy (non-hydrogen) atoms. The van der Waals surface area contributed by atoms with E-state index >= 15 is 0 Å². The van der Waals surface area contributed by atoms with Crippen molar-refractivity contribution in [3.63, 3.8) is 0 Å². The van der Waals surface area contributed by atoms with Gasteiger partial charge in [-0.05, 0) is 24.3 Å². The van der Waals surface area contributed by atoms with Gasteiger partial charge in [0.05, 0.1) is 16.8 Å². The number of hydrogen-bond donors (Lipinski definition) is 0. The average Bonchev–Trinajstić information content (AvgIpc) is 2.95. The van der Waals surface area contributed by atoms with Gasteiger partial charge in [0.1, 0.15) is 5.82 Å². The van der Waals surface area contributed by atoms with Crippen LogP contribution in [0.1, 0.15) is 11.1 Å². The van der Waals surface area contributed by atoms with E-state index in [-0.39, 0.29) is 22.6 Å². The van der Waals surface area contributed by atoms with Crippen LogP contribution in [0.5, 0.6) is 0 Å². The molecule has 0 saturated carbocycles. The smallest absolute Gasteiger partial charge is 0.333 e. The summed E-state index contributed by atoms with van der Waals surface area (Å²) in [6.45, 7) is 0. The molecule has 0 N–H and O–H groups in total. The molecule has 0 aliphatic heterocycles. The molecule has 8 heteroatoms. The minimum absolute atomic E-state index is 0.223. The molecule has 0 bridgehead atoms. The summed E-state index contributed by atoms with van der Waals surface area (Å²) >= 11 is 0. The van der Waals surface area contributed by atoms with E-state index in [0.29, 0.717) is 0 Å². The molecule has 1 heterocycles. The Morgan fingerprint density at radius 3 is 1.81 bits per heavy atom. The number of hydrogen-bond acceptors (Lipinski definition) is 1. The Hall–Kier alpha value is -2.77. The summed E-state index contributed by atoms with van der Waals surface area (Å²) in [5, 5.41) is 0. The highest BCUT2D eigenvalue weighted by Crippen LogP contribution is 2.34. The number of rotatable bonds is 2. The number of alkyl halides is 6. The van der Waals surface area contributed by atoms with Crippen LogP contribution < -0.4 is 0 Å². The molecule has 0 aliphatic rings. The maximum Gasteiger partial charge on any atom is 0.416 e. The fraction of sp³-hybridized carbons (Fsp3) is 0.167. The standard InChI is InChI=1S/C18H12F6N2/c1-26-10-15(11-4-2-6-13(8-11)17(19,20)21)25-16(26)12-5-3-7-14(9-12)18(22,23)24/h2-10H,1H3. The minimum Gasteiger partial charge on any atom is -0.333 e. The molecule has 0 saturated heterocycles. The Balaban J connectivity index is 2.04. The fourth-order valence-corrected chi connectivity index (χ4v) is 2.56. The molecule has 2 aromatic carbocycles. The molecule has 3 aromatic rings. The third-order valence-electron chi connectivity index (χ3n) is 3.81. The monoisotopic (exact) mass is 370 g/mol. The van der Waals surface area contributed by atoms with Gasteiger partial charge in [-0.3, -0.25) is 0 Å². The summed E-state index contributed by atoms with van der Waals surface area (Å²) in [6, 6.07) is 9.26. The average molecular weight is 370 g/mol. The highest BCUT2D eigenvalue weighted by Gasteiger charge is 2.31. The molecular weight excluding hydrogens is 358 g/mol. The van der Waals surface area contributed by atoms with Gasteiger partial charge in [-0.2, -0.15) is 26.3 Å². The molecule has 0 atom stereocenters. The Kier molecular flexibility index (Phi) is 4.29. The largest absolute Gasteiger partial charge is 0.416 e. The zero-order chi connectivity index (χ0) is 19.1. The number of benzene rings is 2. The molecule has 0 radical (unpaired) electrons. The Bertz CT molecular complexity index is 937. The molecule has 0 unspecified atom stereocenters. The lowest BCUT2D eigenvalue weighted by Crippen LogP contribution is -2.05. The quantitative estimate of drug-likeness (QED) is 0.522. The number of imidazole rings is 1. The normalized spacial score (nSPS) is 12.4. The second-order valence-corrected chi connectivity index (χ2v) is 5.72.